The van der Waals surface area contributed by atoms with Gasteiger partial charge in [0.15, 0.2) is 0 Å². The SMILES string of the molecule is CCCCCC[Si]1(CCC(C)CCCC(C)C)c2ccsc2-c2sccc21. The van der Waals surface area contributed by atoms with Gasteiger partial charge >= 0.3 is 0 Å². The second-order valence-corrected chi connectivity index (χ2v) is 15.3. The van der Waals surface area contributed by atoms with E-state index in [9.17, 15) is 0 Å². The fraction of sp³-hybridized carbons (Fsp3) is 0.667. The highest BCUT2D eigenvalue weighted by Gasteiger charge is 2.46. The van der Waals surface area contributed by atoms with Crippen molar-refractivity contribution in [3.63, 3.8) is 0 Å². The summed E-state index contributed by atoms with van der Waals surface area (Å²) < 4.78 is 0. The van der Waals surface area contributed by atoms with Crippen LogP contribution in [0, 0.1) is 11.8 Å². The van der Waals surface area contributed by atoms with E-state index in [1.54, 1.807) is 20.1 Å². The van der Waals surface area contributed by atoms with Crippen LogP contribution >= 0.6 is 22.7 Å². The van der Waals surface area contributed by atoms with Gasteiger partial charge in [-0.25, -0.2) is 0 Å². The van der Waals surface area contributed by atoms with Gasteiger partial charge in [0.1, 0.15) is 8.07 Å². The van der Waals surface area contributed by atoms with Gasteiger partial charge in [0, 0.05) is 9.75 Å². The van der Waals surface area contributed by atoms with E-state index in [0.29, 0.717) is 0 Å². The third-order valence-corrected chi connectivity index (χ3v) is 14.2. The molecule has 3 heterocycles. The molecule has 0 fully saturated rings. The van der Waals surface area contributed by atoms with E-state index in [0.717, 1.165) is 11.8 Å². The second-order valence-electron chi connectivity index (χ2n) is 9.19. The average molecular weight is 419 g/mol. The summed E-state index contributed by atoms with van der Waals surface area (Å²) >= 11 is 4.00. The Kier molecular flexibility index (Phi) is 7.81. The summed E-state index contributed by atoms with van der Waals surface area (Å²) in [5.41, 5.74) is 0. The molecule has 27 heavy (non-hydrogen) atoms. The Labute approximate surface area is 176 Å². The van der Waals surface area contributed by atoms with Crippen molar-refractivity contribution in [3.05, 3.63) is 22.9 Å². The molecular formula is C24H38S2Si. The van der Waals surface area contributed by atoms with Gasteiger partial charge in [-0.3, -0.25) is 0 Å². The first-order valence-corrected chi connectivity index (χ1v) is 15.4. The first-order chi connectivity index (χ1) is 13.1. The molecule has 0 aromatic carbocycles. The third-order valence-electron chi connectivity index (χ3n) is 6.57. The largest absolute Gasteiger partial charge is 0.143 e. The maximum Gasteiger partial charge on any atom is 0.122 e. The average Bonchev–Trinajstić information content (AvgIpc) is 3.33. The van der Waals surface area contributed by atoms with Gasteiger partial charge < -0.3 is 0 Å². The van der Waals surface area contributed by atoms with E-state index in [1.807, 2.05) is 22.7 Å². The van der Waals surface area contributed by atoms with Crippen LogP contribution in [0.2, 0.25) is 12.1 Å². The van der Waals surface area contributed by atoms with Gasteiger partial charge in [-0.15, -0.1) is 22.7 Å². The van der Waals surface area contributed by atoms with E-state index >= 15 is 0 Å². The first kappa shape index (κ1) is 21.3. The number of unbranched alkanes of at least 4 members (excludes halogenated alkanes) is 3. The van der Waals surface area contributed by atoms with Crippen LogP contribution in [0.25, 0.3) is 9.75 Å². The summed E-state index contributed by atoms with van der Waals surface area (Å²) in [6, 6.07) is 8.00. The highest BCUT2D eigenvalue weighted by Crippen LogP contribution is 2.40. The van der Waals surface area contributed by atoms with Gasteiger partial charge in [0.05, 0.1) is 0 Å². The van der Waals surface area contributed by atoms with Crippen LogP contribution in [0.4, 0.5) is 0 Å². The van der Waals surface area contributed by atoms with Crippen molar-refractivity contribution in [2.45, 2.75) is 91.1 Å². The van der Waals surface area contributed by atoms with Crippen molar-refractivity contribution in [1.29, 1.82) is 0 Å². The molecule has 2 aromatic rings. The van der Waals surface area contributed by atoms with Crippen LogP contribution in [0.5, 0.6) is 0 Å². The van der Waals surface area contributed by atoms with Crippen molar-refractivity contribution in [1.82, 2.24) is 0 Å². The zero-order valence-corrected chi connectivity index (χ0v) is 20.5. The molecule has 0 saturated carbocycles. The molecule has 0 N–H and O–H groups in total. The minimum absolute atomic E-state index is 0.855. The topological polar surface area (TPSA) is 0 Å². The van der Waals surface area contributed by atoms with E-state index in [-0.39, 0.29) is 0 Å². The summed E-state index contributed by atoms with van der Waals surface area (Å²) in [6.07, 6.45) is 11.3. The predicted molar refractivity (Wildman–Crippen MR) is 129 cm³/mol. The van der Waals surface area contributed by atoms with E-state index in [4.69, 9.17) is 0 Å². The number of rotatable bonds is 12. The summed E-state index contributed by atoms with van der Waals surface area (Å²) in [6.45, 7) is 9.56. The van der Waals surface area contributed by atoms with Crippen LogP contribution in [0.3, 0.4) is 0 Å². The van der Waals surface area contributed by atoms with Gasteiger partial charge in [0.2, 0.25) is 0 Å². The quantitative estimate of drug-likeness (QED) is 0.244. The highest BCUT2D eigenvalue weighted by atomic mass is 32.1. The monoisotopic (exact) mass is 418 g/mol. The highest BCUT2D eigenvalue weighted by molar-refractivity contribution is 7.27. The lowest BCUT2D eigenvalue weighted by molar-refractivity contribution is 0.447. The zero-order valence-electron chi connectivity index (χ0n) is 17.9. The van der Waals surface area contributed by atoms with E-state index < -0.39 is 8.07 Å². The van der Waals surface area contributed by atoms with Gasteiger partial charge in [-0.1, -0.05) is 91.2 Å². The van der Waals surface area contributed by atoms with Crippen LogP contribution in [0.15, 0.2) is 22.9 Å². The Hall–Kier alpha value is -0.383. The number of hydrogen-bond acceptors (Lipinski definition) is 2. The van der Waals surface area contributed by atoms with Crippen LogP contribution in [-0.2, 0) is 0 Å². The second kappa shape index (κ2) is 9.89. The maximum absolute atomic E-state index is 2.52. The Morgan fingerprint density at radius 2 is 1.44 bits per heavy atom. The summed E-state index contributed by atoms with van der Waals surface area (Å²) in [5.74, 6) is 1.74. The van der Waals surface area contributed by atoms with Crippen molar-refractivity contribution in [2.75, 3.05) is 0 Å². The third kappa shape index (κ3) is 4.79. The minimum Gasteiger partial charge on any atom is -0.143 e. The number of thiophene rings is 2. The molecule has 0 aliphatic carbocycles. The molecule has 1 aliphatic heterocycles. The number of fused-ring (bicyclic) bond motifs is 3. The van der Waals surface area contributed by atoms with Crippen molar-refractivity contribution >= 4 is 41.1 Å². The Balaban J connectivity index is 1.73. The van der Waals surface area contributed by atoms with Crippen LogP contribution < -0.4 is 10.4 Å². The van der Waals surface area contributed by atoms with Crippen molar-refractivity contribution in [2.24, 2.45) is 11.8 Å². The lowest BCUT2D eigenvalue weighted by Gasteiger charge is -2.30. The Morgan fingerprint density at radius 1 is 0.778 bits per heavy atom. The minimum atomic E-state index is -1.52. The maximum atomic E-state index is 2.52. The molecule has 1 atom stereocenters. The molecule has 0 saturated heterocycles. The summed E-state index contributed by atoms with van der Waals surface area (Å²) in [4.78, 5) is 3.30. The lowest BCUT2D eigenvalue weighted by atomic mass is 9.98. The summed E-state index contributed by atoms with van der Waals surface area (Å²) in [5, 5.41) is 8.35. The van der Waals surface area contributed by atoms with Crippen molar-refractivity contribution < 1.29 is 0 Å². The van der Waals surface area contributed by atoms with Gasteiger partial charge in [0.25, 0.3) is 0 Å². The van der Waals surface area contributed by atoms with Crippen LogP contribution in [-0.4, -0.2) is 8.07 Å². The zero-order chi connectivity index (χ0) is 19.3. The molecule has 150 valence electrons. The molecule has 0 spiro atoms. The standard InChI is InChI=1S/C24H38S2Si/c1-5-6-7-8-17-27(18-14-20(4)11-9-10-19(2)3)21-12-15-25-23(21)24-22(27)13-16-26-24/h12-13,15-16,19-20H,5-11,14,17-18H2,1-4H3. The number of hydrogen-bond donors (Lipinski definition) is 0. The van der Waals surface area contributed by atoms with E-state index in [1.165, 1.54) is 63.5 Å². The molecule has 3 heteroatoms. The molecular weight excluding hydrogens is 380 g/mol. The molecule has 0 radical (unpaired) electrons. The fourth-order valence-electron chi connectivity index (χ4n) is 4.90. The van der Waals surface area contributed by atoms with Gasteiger partial charge in [-0.05, 0) is 45.1 Å². The van der Waals surface area contributed by atoms with Crippen LogP contribution in [0.1, 0.15) is 79.1 Å². The fourth-order valence-corrected chi connectivity index (χ4v) is 14.0. The predicted octanol–water partition coefficient (Wildman–Crippen LogP) is 7.79. The molecule has 0 amide bonds. The molecule has 0 nitrogen and oxygen atoms in total. The lowest BCUT2D eigenvalue weighted by Crippen LogP contribution is -2.54. The Morgan fingerprint density at radius 3 is 2.04 bits per heavy atom. The smallest absolute Gasteiger partial charge is 0.122 e. The van der Waals surface area contributed by atoms with E-state index in [2.05, 4.69) is 50.6 Å². The first-order valence-electron chi connectivity index (χ1n) is 11.2. The summed E-state index contributed by atoms with van der Waals surface area (Å²) in [7, 11) is -1.52. The molecule has 0 bridgehead atoms. The molecule has 1 aliphatic rings. The molecule has 1 unspecified atom stereocenters. The normalized spacial score (nSPS) is 15.9. The van der Waals surface area contributed by atoms with Gasteiger partial charge in [-0.2, -0.15) is 0 Å². The molecule has 3 rings (SSSR count). The van der Waals surface area contributed by atoms with Crippen molar-refractivity contribution in [3.8, 4) is 9.75 Å². The Bertz CT molecular complexity index is 657. The molecule has 2 aromatic heterocycles.